The minimum absolute atomic E-state index is 0.123. The van der Waals surface area contributed by atoms with Gasteiger partial charge in [-0.3, -0.25) is 4.79 Å². The highest BCUT2D eigenvalue weighted by molar-refractivity contribution is 5.20. The van der Waals surface area contributed by atoms with Crippen LogP contribution in [-0.4, -0.2) is 10.2 Å². The van der Waals surface area contributed by atoms with Gasteiger partial charge in [-0.25, -0.2) is 5.10 Å². The molecule has 0 atom stereocenters. The maximum atomic E-state index is 10.7. The van der Waals surface area contributed by atoms with Crippen LogP contribution in [0.4, 0.5) is 0 Å². The molecule has 4 nitrogen and oxygen atoms in total. The molecular formula is C6H7N3O. The lowest BCUT2D eigenvalue weighted by atomic mass is 10.2. The number of aromatic nitrogens is 2. The molecule has 0 fully saturated rings. The first kappa shape index (κ1) is 5.61. The molecule has 0 amide bonds. The number of H-pyrrole nitrogens is 1. The van der Waals surface area contributed by atoms with Crippen LogP contribution in [0.25, 0.3) is 0 Å². The van der Waals surface area contributed by atoms with Gasteiger partial charge >= 0.3 is 0 Å². The van der Waals surface area contributed by atoms with Crippen molar-refractivity contribution in [2.45, 2.75) is 13.1 Å². The Hall–Kier alpha value is -1.16. The van der Waals surface area contributed by atoms with Gasteiger partial charge in [0.25, 0.3) is 5.56 Å². The van der Waals surface area contributed by atoms with E-state index < -0.39 is 0 Å². The van der Waals surface area contributed by atoms with E-state index in [2.05, 4.69) is 15.5 Å². The summed E-state index contributed by atoms with van der Waals surface area (Å²) in [5, 5.41) is 9.34. The van der Waals surface area contributed by atoms with Crippen LogP contribution >= 0.6 is 0 Å². The number of rotatable bonds is 0. The molecule has 2 heterocycles. The quantitative estimate of drug-likeness (QED) is 0.500. The molecule has 1 aliphatic heterocycles. The summed E-state index contributed by atoms with van der Waals surface area (Å²) in [6.07, 6.45) is 0. The monoisotopic (exact) mass is 137 g/mol. The molecular weight excluding hydrogens is 130 g/mol. The Morgan fingerprint density at radius 1 is 1.50 bits per heavy atom. The summed E-state index contributed by atoms with van der Waals surface area (Å²) in [5.41, 5.74) is 1.85. The van der Waals surface area contributed by atoms with E-state index in [9.17, 15) is 4.79 Å². The summed E-state index contributed by atoms with van der Waals surface area (Å²) in [6, 6.07) is 1.59. The molecule has 1 aliphatic rings. The second-order valence-corrected chi connectivity index (χ2v) is 2.31. The van der Waals surface area contributed by atoms with Gasteiger partial charge in [0.2, 0.25) is 0 Å². The van der Waals surface area contributed by atoms with Crippen LogP contribution in [0.1, 0.15) is 11.3 Å². The number of fused-ring (bicyclic) bond motifs is 1. The molecule has 0 aliphatic carbocycles. The van der Waals surface area contributed by atoms with Crippen molar-refractivity contribution in [3.8, 4) is 0 Å². The third kappa shape index (κ3) is 0.733. The van der Waals surface area contributed by atoms with Crippen molar-refractivity contribution < 1.29 is 0 Å². The molecule has 1 aromatic heterocycles. The highest BCUT2D eigenvalue weighted by Crippen LogP contribution is 2.06. The Bertz CT molecular complexity index is 304. The normalized spacial score (nSPS) is 15.2. The maximum absolute atomic E-state index is 10.7. The van der Waals surface area contributed by atoms with Crippen molar-refractivity contribution in [3.63, 3.8) is 0 Å². The summed E-state index contributed by atoms with van der Waals surface area (Å²) in [7, 11) is 0. The van der Waals surface area contributed by atoms with E-state index in [4.69, 9.17) is 0 Å². The van der Waals surface area contributed by atoms with Gasteiger partial charge in [0, 0.05) is 19.2 Å². The van der Waals surface area contributed by atoms with Crippen LogP contribution in [0.15, 0.2) is 10.9 Å². The van der Waals surface area contributed by atoms with Gasteiger partial charge in [0.15, 0.2) is 0 Å². The first-order valence-electron chi connectivity index (χ1n) is 3.14. The Kier molecular flexibility index (Phi) is 1.07. The largest absolute Gasteiger partial charge is 0.307 e. The Labute approximate surface area is 57.3 Å². The maximum Gasteiger partial charge on any atom is 0.264 e. The summed E-state index contributed by atoms with van der Waals surface area (Å²) in [4.78, 5) is 10.7. The van der Waals surface area contributed by atoms with Gasteiger partial charge in [-0.2, -0.15) is 5.10 Å². The minimum atomic E-state index is -0.123. The van der Waals surface area contributed by atoms with Crippen molar-refractivity contribution in [3.05, 3.63) is 27.7 Å². The molecule has 2 rings (SSSR count). The first-order chi connectivity index (χ1) is 4.86. The van der Waals surface area contributed by atoms with E-state index in [1.54, 1.807) is 6.07 Å². The predicted molar refractivity (Wildman–Crippen MR) is 35.4 cm³/mol. The van der Waals surface area contributed by atoms with Gasteiger partial charge in [0.1, 0.15) is 0 Å². The van der Waals surface area contributed by atoms with E-state index in [1.165, 1.54) is 0 Å². The predicted octanol–water partition coefficient (Wildman–Crippen LogP) is -0.627. The van der Waals surface area contributed by atoms with E-state index in [0.717, 1.165) is 24.3 Å². The Morgan fingerprint density at radius 3 is 3.30 bits per heavy atom. The van der Waals surface area contributed by atoms with E-state index >= 15 is 0 Å². The highest BCUT2D eigenvalue weighted by Gasteiger charge is 2.10. The topological polar surface area (TPSA) is 57.8 Å². The number of nitrogens with zero attached hydrogens (tertiary/aromatic N) is 1. The van der Waals surface area contributed by atoms with Gasteiger partial charge in [-0.1, -0.05) is 0 Å². The van der Waals surface area contributed by atoms with Gasteiger partial charge in [-0.15, -0.1) is 0 Å². The lowest BCUT2D eigenvalue weighted by molar-refractivity contribution is 0.752. The average molecular weight is 137 g/mol. The van der Waals surface area contributed by atoms with E-state index in [1.807, 2.05) is 0 Å². The molecule has 4 heteroatoms. The standard InChI is InChI=1S/C6H7N3O/c10-6-1-4-2-7-3-5(4)8-9-6/h1,7H,2-3H2,(H,9,10). The molecule has 0 unspecified atom stereocenters. The smallest absolute Gasteiger partial charge is 0.264 e. The zero-order valence-electron chi connectivity index (χ0n) is 5.35. The molecule has 52 valence electrons. The average Bonchev–Trinajstić information content (AvgIpc) is 2.33. The van der Waals surface area contributed by atoms with Crippen molar-refractivity contribution in [2.75, 3.05) is 0 Å². The molecule has 0 radical (unpaired) electrons. The van der Waals surface area contributed by atoms with Crippen molar-refractivity contribution in [2.24, 2.45) is 0 Å². The second kappa shape index (κ2) is 1.91. The molecule has 0 saturated heterocycles. The van der Waals surface area contributed by atoms with Crippen LogP contribution in [0.2, 0.25) is 0 Å². The SMILES string of the molecule is O=c1cc2c(n[nH]1)CNC2. The zero-order valence-corrected chi connectivity index (χ0v) is 5.35. The minimum Gasteiger partial charge on any atom is -0.307 e. The van der Waals surface area contributed by atoms with Gasteiger partial charge in [-0.05, 0) is 5.56 Å². The number of aromatic amines is 1. The van der Waals surface area contributed by atoms with Crippen LogP contribution in [0.5, 0.6) is 0 Å². The number of hydrogen-bond acceptors (Lipinski definition) is 3. The van der Waals surface area contributed by atoms with E-state index in [0.29, 0.717) is 0 Å². The molecule has 0 aromatic carbocycles. The Balaban J connectivity index is 2.63. The first-order valence-corrected chi connectivity index (χ1v) is 3.14. The zero-order chi connectivity index (χ0) is 6.97. The van der Waals surface area contributed by atoms with Crippen molar-refractivity contribution >= 4 is 0 Å². The van der Waals surface area contributed by atoms with E-state index in [-0.39, 0.29) is 5.56 Å². The van der Waals surface area contributed by atoms with Crippen LogP contribution in [-0.2, 0) is 13.1 Å². The molecule has 0 spiro atoms. The summed E-state index contributed by atoms with van der Waals surface area (Å²) in [5.74, 6) is 0. The Morgan fingerprint density at radius 2 is 2.40 bits per heavy atom. The second-order valence-electron chi connectivity index (χ2n) is 2.31. The molecule has 0 bridgehead atoms. The van der Waals surface area contributed by atoms with Crippen LogP contribution in [0, 0.1) is 0 Å². The summed E-state index contributed by atoms with van der Waals surface area (Å²) >= 11 is 0. The number of nitrogens with one attached hydrogen (secondary N) is 2. The fourth-order valence-corrected chi connectivity index (χ4v) is 1.09. The lowest BCUT2D eigenvalue weighted by Crippen LogP contribution is -2.08. The molecule has 0 saturated carbocycles. The van der Waals surface area contributed by atoms with Crippen molar-refractivity contribution in [1.29, 1.82) is 0 Å². The fraction of sp³-hybridized carbons (Fsp3) is 0.333. The lowest BCUT2D eigenvalue weighted by Gasteiger charge is -1.90. The third-order valence-corrected chi connectivity index (χ3v) is 1.58. The van der Waals surface area contributed by atoms with Crippen molar-refractivity contribution in [1.82, 2.24) is 15.5 Å². The molecule has 1 aromatic rings. The summed E-state index contributed by atoms with van der Waals surface area (Å²) in [6.45, 7) is 1.54. The van der Waals surface area contributed by atoms with Crippen LogP contribution < -0.4 is 10.9 Å². The fourth-order valence-electron chi connectivity index (χ4n) is 1.09. The van der Waals surface area contributed by atoms with Gasteiger partial charge in [0.05, 0.1) is 5.69 Å². The number of hydrogen-bond donors (Lipinski definition) is 2. The molecule has 2 N–H and O–H groups in total. The van der Waals surface area contributed by atoms with Crippen LogP contribution in [0.3, 0.4) is 0 Å². The molecule has 10 heavy (non-hydrogen) atoms. The van der Waals surface area contributed by atoms with Gasteiger partial charge < -0.3 is 5.32 Å². The summed E-state index contributed by atoms with van der Waals surface area (Å²) < 4.78 is 0. The third-order valence-electron chi connectivity index (χ3n) is 1.58. The highest BCUT2D eigenvalue weighted by atomic mass is 16.1.